The molecule has 0 amide bonds. The molecule has 1 aliphatic rings. The number of ether oxygens (including phenoxy) is 1. The van der Waals surface area contributed by atoms with Gasteiger partial charge in [-0.3, -0.25) is 0 Å². The third-order valence-corrected chi connectivity index (χ3v) is 7.56. The Hall–Kier alpha value is -2.55. The molecule has 3 heteroatoms. The number of hydrogen-bond acceptors (Lipinski definition) is 3. The SMILES string of the molecule is COc1ccc(C(C)C)cn1.Cc1cc2c(cc1Cc1ccc(C(C)C)o1)C(C)(C)CCC2(C)C. The molecule has 0 atom stereocenters. The minimum absolute atomic E-state index is 0.263. The first-order chi connectivity index (χ1) is 16.3. The van der Waals surface area contributed by atoms with E-state index in [-0.39, 0.29) is 10.8 Å². The summed E-state index contributed by atoms with van der Waals surface area (Å²) in [7, 11) is 1.62. The molecule has 0 saturated carbocycles. The van der Waals surface area contributed by atoms with E-state index in [0.717, 1.165) is 17.9 Å². The molecule has 0 aliphatic heterocycles. The second-order valence-electron chi connectivity index (χ2n) is 12.0. The fourth-order valence-electron chi connectivity index (χ4n) is 4.80. The highest BCUT2D eigenvalue weighted by molar-refractivity contribution is 5.47. The van der Waals surface area contributed by atoms with E-state index in [0.29, 0.717) is 17.7 Å². The van der Waals surface area contributed by atoms with Gasteiger partial charge in [-0.15, -0.1) is 0 Å². The van der Waals surface area contributed by atoms with Crippen molar-refractivity contribution in [1.29, 1.82) is 0 Å². The average molecular weight is 476 g/mol. The van der Waals surface area contributed by atoms with Gasteiger partial charge in [-0.1, -0.05) is 73.6 Å². The maximum atomic E-state index is 6.04. The van der Waals surface area contributed by atoms with E-state index in [1.54, 1.807) is 12.7 Å². The van der Waals surface area contributed by atoms with Crippen LogP contribution in [0.15, 0.2) is 47.0 Å². The molecule has 3 nitrogen and oxygen atoms in total. The summed E-state index contributed by atoms with van der Waals surface area (Å²) in [5.41, 5.74) is 7.66. The molecule has 0 unspecified atom stereocenters. The summed E-state index contributed by atoms with van der Waals surface area (Å²) in [5.74, 6) is 3.82. The van der Waals surface area contributed by atoms with Crippen LogP contribution in [-0.4, -0.2) is 12.1 Å². The third kappa shape index (κ3) is 6.37. The summed E-state index contributed by atoms with van der Waals surface area (Å²) in [4.78, 5) is 4.10. The van der Waals surface area contributed by atoms with Crippen LogP contribution in [0.5, 0.6) is 5.88 Å². The topological polar surface area (TPSA) is 35.3 Å². The molecule has 2 heterocycles. The molecule has 0 bridgehead atoms. The van der Waals surface area contributed by atoms with Gasteiger partial charge in [0.15, 0.2) is 0 Å². The number of methoxy groups -OCH3 is 1. The quantitative estimate of drug-likeness (QED) is 0.369. The van der Waals surface area contributed by atoms with Gasteiger partial charge in [0, 0.05) is 24.6 Å². The highest BCUT2D eigenvalue weighted by Crippen LogP contribution is 2.46. The summed E-state index contributed by atoms with van der Waals surface area (Å²) in [5, 5.41) is 0. The Morgan fingerprint density at radius 3 is 2.00 bits per heavy atom. The van der Waals surface area contributed by atoms with Crippen LogP contribution in [0.25, 0.3) is 0 Å². The van der Waals surface area contributed by atoms with Crippen molar-refractivity contribution in [3.05, 3.63) is 81.9 Å². The fourth-order valence-corrected chi connectivity index (χ4v) is 4.80. The minimum Gasteiger partial charge on any atom is -0.481 e. The maximum Gasteiger partial charge on any atom is 0.212 e. The van der Waals surface area contributed by atoms with Gasteiger partial charge in [-0.25, -0.2) is 4.98 Å². The number of rotatable bonds is 5. The Balaban J connectivity index is 0.000000261. The zero-order valence-electron chi connectivity index (χ0n) is 23.6. The van der Waals surface area contributed by atoms with Crippen molar-refractivity contribution >= 4 is 0 Å². The van der Waals surface area contributed by atoms with Gasteiger partial charge >= 0.3 is 0 Å². The molecule has 2 aromatic heterocycles. The lowest BCUT2D eigenvalue weighted by Crippen LogP contribution is -2.34. The predicted molar refractivity (Wildman–Crippen MR) is 147 cm³/mol. The molecule has 0 fully saturated rings. The second-order valence-corrected chi connectivity index (χ2v) is 12.0. The van der Waals surface area contributed by atoms with Crippen LogP contribution in [0.1, 0.15) is 119 Å². The Kier molecular flexibility index (Phi) is 8.19. The van der Waals surface area contributed by atoms with Crippen molar-refractivity contribution in [3.8, 4) is 5.88 Å². The van der Waals surface area contributed by atoms with E-state index in [2.05, 4.69) is 91.6 Å². The minimum atomic E-state index is 0.263. The fraction of sp³-hybridized carbons (Fsp3) is 0.531. The molecule has 35 heavy (non-hydrogen) atoms. The molecule has 3 aromatic rings. The van der Waals surface area contributed by atoms with Crippen LogP contribution in [-0.2, 0) is 17.3 Å². The highest BCUT2D eigenvalue weighted by atomic mass is 16.5. The Morgan fingerprint density at radius 2 is 1.51 bits per heavy atom. The maximum absolute atomic E-state index is 6.04. The summed E-state index contributed by atoms with van der Waals surface area (Å²) in [6.07, 6.45) is 5.27. The van der Waals surface area contributed by atoms with Gasteiger partial charge in [0.25, 0.3) is 0 Å². The van der Waals surface area contributed by atoms with Crippen LogP contribution in [0.4, 0.5) is 0 Å². The molecule has 0 N–H and O–H groups in total. The number of pyridine rings is 1. The van der Waals surface area contributed by atoms with E-state index in [1.165, 1.54) is 35.1 Å². The van der Waals surface area contributed by atoms with Crippen LogP contribution in [0.3, 0.4) is 0 Å². The van der Waals surface area contributed by atoms with E-state index >= 15 is 0 Å². The van der Waals surface area contributed by atoms with Gasteiger partial charge in [-0.2, -0.15) is 0 Å². The zero-order valence-corrected chi connectivity index (χ0v) is 23.6. The first kappa shape index (κ1) is 27.0. The first-order valence-corrected chi connectivity index (χ1v) is 13.1. The van der Waals surface area contributed by atoms with Crippen molar-refractivity contribution in [2.24, 2.45) is 0 Å². The summed E-state index contributed by atoms with van der Waals surface area (Å²) >= 11 is 0. The van der Waals surface area contributed by atoms with Gasteiger partial charge < -0.3 is 9.15 Å². The number of furan rings is 1. The number of fused-ring (bicyclic) bond motifs is 1. The summed E-state index contributed by atoms with van der Waals surface area (Å²) in [6.45, 7) is 20.5. The molecular weight excluding hydrogens is 430 g/mol. The molecule has 0 spiro atoms. The van der Waals surface area contributed by atoms with Crippen LogP contribution in [0.2, 0.25) is 0 Å². The Labute approximate surface area is 213 Å². The smallest absolute Gasteiger partial charge is 0.212 e. The Morgan fingerprint density at radius 1 is 0.886 bits per heavy atom. The van der Waals surface area contributed by atoms with E-state index in [9.17, 15) is 0 Å². The van der Waals surface area contributed by atoms with Crippen LogP contribution in [0, 0.1) is 6.92 Å². The van der Waals surface area contributed by atoms with Gasteiger partial charge in [0.2, 0.25) is 5.88 Å². The molecule has 1 aliphatic carbocycles. The number of aromatic nitrogens is 1. The normalized spacial score (nSPS) is 16.0. The number of nitrogens with zero attached hydrogens (tertiary/aromatic N) is 1. The highest BCUT2D eigenvalue weighted by Gasteiger charge is 2.37. The molecule has 4 rings (SSSR count). The number of benzene rings is 1. The predicted octanol–water partition coefficient (Wildman–Crippen LogP) is 8.86. The van der Waals surface area contributed by atoms with Gasteiger partial charge in [-0.05, 0) is 76.5 Å². The number of aryl methyl sites for hydroxylation is 1. The summed E-state index contributed by atoms with van der Waals surface area (Å²) < 4.78 is 11.0. The lowest BCUT2D eigenvalue weighted by atomic mass is 9.62. The van der Waals surface area contributed by atoms with Crippen molar-refractivity contribution < 1.29 is 9.15 Å². The lowest BCUT2D eigenvalue weighted by Gasteiger charge is -2.42. The molecular formula is C32H45NO2. The van der Waals surface area contributed by atoms with E-state index < -0.39 is 0 Å². The zero-order chi connectivity index (χ0) is 26.0. The van der Waals surface area contributed by atoms with E-state index in [4.69, 9.17) is 9.15 Å². The van der Waals surface area contributed by atoms with Crippen molar-refractivity contribution in [1.82, 2.24) is 4.98 Å². The Bertz CT molecular complexity index is 1120. The van der Waals surface area contributed by atoms with Gasteiger partial charge in [0.05, 0.1) is 7.11 Å². The largest absolute Gasteiger partial charge is 0.481 e. The van der Waals surface area contributed by atoms with E-state index in [1.807, 2.05) is 18.3 Å². The monoisotopic (exact) mass is 475 g/mol. The first-order valence-electron chi connectivity index (χ1n) is 13.1. The second kappa shape index (κ2) is 10.6. The van der Waals surface area contributed by atoms with Gasteiger partial charge in [0.1, 0.15) is 11.5 Å². The molecule has 190 valence electrons. The van der Waals surface area contributed by atoms with Crippen molar-refractivity contribution in [3.63, 3.8) is 0 Å². The van der Waals surface area contributed by atoms with Crippen molar-refractivity contribution in [2.75, 3.05) is 7.11 Å². The molecule has 1 aromatic carbocycles. The average Bonchev–Trinajstić information content (AvgIpc) is 3.27. The standard InChI is InChI=1S/C23H32O.C9H13NO/c1-15(2)21-9-8-18(24-21)13-17-14-20-19(12-16(17)3)22(4,5)10-11-23(20,6)7;1-7(2)8-4-5-9(11-3)10-6-8/h8-9,12,14-15H,10-11,13H2,1-7H3;4-7H,1-3H3. The third-order valence-electron chi connectivity index (χ3n) is 7.56. The lowest BCUT2D eigenvalue weighted by molar-refractivity contribution is 0.331. The summed E-state index contributed by atoms with van der Waals surface area (Å²) in [6, 6.07) is 13.1. The molecule has 0 radical (unpaired) electrons. The van der Waals surface area contributed by atoms with Crippen LogP contribution >= 0.6 is 0 Å². The molecule has 0 saturated heterocycles. The van der Waals surface area contributed by atoms with Crippen LogP contribution < -0.4 is 4.74 Å². The van der Waals surface area contributed by atoms with Crippen molar-refractivity contribution in [2.45, 2.75) is 104 Å². The number of hydrogen-bond donors (Lipinski definition) is 0.